The molecule has 0 aliphatic heterocycles. The van der Waals surface area contributed by atoms with Crippen molar-refractivity contribution in [1.82, 2.24) is 0 Å². The average molecular weight is 399 g/mol. The lowest BCUT2D eigenvalue weighted by molar-refractivity contribution is -0.119. The quantitative estimate of drug-likeness (QED) is 0.513. The Morgan fingerprint density at radius 2 is 1.66 bits per heavy atom. The van der Waals surface area contributed by atoms with Crippen molar-refractivity contribution in [3.05, 3.63) is 52.6 Å². The number of ether oxygens (including phenoxy) is 3. The second kappa shape index (κ2) is 10.3. The SMILES string of the molecule is CCc1cccc(CC)c1NC(=O)COC(=O)c1c(C=O)ccc(OC)c1OC. The Hall–Kier alpha value is -3.35. The molecule has 0 aromatic heterocycles. The van der Waals surface area contributed by atoms with Gasteiger partial charge in [0.15, 0.2) is 24.4 Å². The fourth-order valence-corrected chi connectivity index (χ4v) is 3.03. The van der Waals surface area contributed by atoms with Crippen molar-refractivity contribution in [2.24, 2.45) is 0 Å². The fraction of sp³-hybridized carbons (Fsp3) is 0.318. The van der Waals surface area contributed by atoms with Gasteiger partial charge in [-0.25, -0.2) is 4.79 Å². The largest absolute Gasteiger partial charge is 0.493 e. The second-order valence-electron chi connectivity index (χ2n) is 6.17. The zero-order valence-corrected chi connectivity index (χ0v) is 17.0. The molecule has 7 nitrogen and oxygen atoms in total. The molecule has 1 N–H and O–H groups in total. The van der Waals surface area contributed by atoms with E-state index in [1.807, 2.05) is 32.0 Å². The summed E-state index contributed by atoms with van der Waals surface area (Å²) in [5, 5.41) is 2.83. The van der Waals surface area contributed by atoms with Gasteiger partial charge in [-0.15, -0.1) is 0 Å². The number of amides is 1. The third-order valence-electron chi connectivity index (χ3n) is 4.51. The third-order valence-corrected chi connectivity index (χ3v) is 4.51. The van der Waals surface area contributed by atoms with Gasteiger partial charge in [0.25, 0.3) is 5.91 Å². The van der Waals surface area contributed by atoms with E-state index in [0.717, 1.165) is 29.7 Å². The number of rotatable bonds is 9. The lowest BCUT2D eigenvalue weighted by Crippen LogP contribution is -2.23. The van der Waals surface area contributed by atoms with Crippen LogP contribution in [0.1, 0.15) is 45.7 Å². The van der Waals surface area contributed by atoms with Crippen LogP contribution in [0, 0.1) is 0 Å². The predicted molar refractivity (Wildman–Crippen MR) is 109 cm³/mol. The van der Waals surface area contributed by atoms with Crippen LogP contribution in [-0.4, -0.2) is 39.0 Å². The van der Waals surface area contributed by atoms with Crippen LogP contribution in [0.2, 0.25) is 0 Å². The normalized spacial score (nSPS) is 10.2. The maximum absolute atomic E-state index is 12.6. The third kappa shape index (κ3) is 4.93. The van der Waals surface area contributed by atoms with Crippen molar-refractivity contribution >= 4 is 23.9 Å². The van der Waals surface area contributed by atoms with Crippen molar-refractivity contribution in [1.29, 1.82) is 0 Å². The van der Waals surface area contributed by atoms with Crippen LogP contribution in [0.15, 0.2) is 30.3 Å². The summed E-state index contributed by atoms with van der Waals surface area (Å²) in [6.45, 7) is 3.50. The Labute approximate surface area is 170 Å². The molecule has 2 rings (SSSR count). The molecule has 7 heteroatoms. The highest BCUT2D eigenvalue weighted by atomic mass is 16.5. The maximum atomic E-state index is 12.6. The average Bonchev–Trinajstić information content (AvgIpc) is 2.76. The molecule has 154 valence electrons. The summed E-state index contributed by atoms with van der Waals surface area (Å²) in [5.74, 6) is -0.966. The van der Waals surface area contributed by atoms with Crippen LogP contribution in [0.5, 0.6) is 11.5 Å². The molecule has 0 fully saturated rings. The van der Waals surface area contributed by atoms with Gasteiger partial charge < -0.3 is 19.5 Å². The van der Waals surface area contributed by atoms with E-state index in [1.54, 1.807) is 0 Å². The molecule has 0 radical (unpaired) electrons. The van der Waals surface area contributed by atoms with Gasteiger partial charge in [-0.3, -0.25) is 9.59 Å². The maximum Gasteiger partial charge on any atom is 0.343 e. The van der Waals surface area contributed by atoms with Crippen LogP contribution in [0.3, 0.4) is 0 Å². The number of hydrogen-bond donors (Lipinski definition) is 1. The topological polar surface area (TPSA) is 90.9 Å². The molecule has 0 unspecified atom stereocenters. The number of anilines is 1. The summed E-state index contributed by atoms with van der Waals surface area (Å²) >= 11 is 0. The van der Waals surface area contributed by atoms with Crippen LogP contribution in [0.25, 0.3) is 0 Å². The van der Waals surface area contributed by atoms with Gasteiger partial charge in [0, 0.05) is 11.3 Å². The molecule has 0 spiro atoms. The van der Waals surface area contributed by atoms with Crippen LogP contribution < -0.4 is 14.8 Å². The number of nitrogens with one attached hydrogen (secondary N) is 1. The first-order valence-electron chi connectivity index (χ1n) is 9.28. The molecule has 0 saturated heterocycles. The Morgan fingerprint density at radius 1 is 1.00 bits per heavy atom. The summed E-state index contributed by atoms with van der Waals surface area (Å²) in [6.07, 6.45) is 2.03. The lowest BCUT2D eigenvalue weighted by Gasteiger charge is -2.16. The lowest BCUT2D eigenvalue weighted by atomic mass is 10.0. The zero-order valence-electron chi connectivity index (χ0n) is 17.0. The minimum Gasteiger partial charge on any atom is -0.493 e. The number of methoxy groups -OCH3 is 2. The molecule has 2 aromatic rings. The molecule has 0 aliphatic rings. The van der Waals surface area contributed by atoms with Gasteiger partial charge in [-0.05, 0) is 36.1 Å². The monoisotopic (exact) mass is 399 g/mol. The Balaban J connectivity index is 2.18. The number of benzene rings is 2. The van der Waals surface area contributed by atoms with Crippen molar-refractivity contribution in [2.75, 3.05) is 26.1 Å². The van der Waals surface area contributed by atoms with Gasteiger partial charge >= 0.3 is 5.97 Å². The van der Waals surface area contributed by atoms with Crippen LogP contribution in [-0.2, 0) is 22.4 Å². The highest BCUT2D eigenvalue weighted by Crippen LogP contribution is 2.33. The van der Waals surface area contributed by atoms with E-state index in [2.05, 4.69) is 5.32 Å². The Kier molecular flexibility index (Phi) is 7.77. The van der Waals surface area contributed by atoms with E-state index >= 15 is 0 Å². The minimum absolute atomic E-state index is 0.0760. The van der Waals surface area contributed by atoms with Gasteiger partial charge in [0.1, 0.15) is 5.56 Å². The van der Waals surface area contributed by atoms with Crippen LogP contribution in [0.4, 0.5) is 5.69 Å². The van der Waals surface area contributed by atoms with Crippen molar-refractivity contribution < 1.29 is 28.6 Å². The van der Waals surface area contributed by atoms with Gasteiger partial charge in [-0.1, -0.05) is 32.0 Å². The first-order valence-corrected chi connectivity index (χ1v) is 9.28. The van der Waals surface area contributed by atoms with E-state index in [-0.39, 0.29) is 22.6 Å². The smallest absolute Gasteiger partial charge is 0.343 e. The summed E-state index contributed by atoms with van der Waals surface area (Å²) < 4.78 is 15.5. The van der Waals surface area contributed by atoms with E-state index in [4.69, 9.17) is 14.2 Å². The number of carbonyl (C=O) groups is 3. The molecule has 0 heterocycles. The highest BCUT2D eigenvalue weighted by molar-refractivity contribution is 6.03. The van der Waals surface area contributed by atoms with Gasteiger partial charge in [0.2, 0.25) is 0 Å². The molecule has 1 amide bonds. The van der Waals surface area contributed by atoms with E-state index in [1.165, 1.54) is 26.4 Å². The summed E-state index contributed by atoms with van der Waals surface area (Å²) in [7, 11) is 2.77. The molecule has 0 saturated carbocycles. The van der Waals surface area contributed by atoms with E-state index in [0.29, 0.717) is 6.29 Å². The molecular weight excluding hydrogens is 374 g/mol. The number of aryl methyl sites for hydroxylation is 2. The molecule has 29 heavy (non-hydrogen) atoms. The van der Waals surface area contributed by atoms with Crippen molar-refractivity contribution in [2.45, 2.75) is 26.7 Å². The van der Waals surface area contributed by atoms with Gasteiger partial charge in [0.05, 0.1) is 14.2 Å². The number of hydrogen-bond acceptors (Lipinski definition) is 6. The molecule has 2 aromatic carbocycles. The molecule has 0 bridgehead atoms. The van der Waals surface area contributed by atoms with E-state index < -0.39 is 18.5 Å². The fourth-order valence-electron chi connectivity index (χ4n) is 3.03. The summed E-state index contributed by atoms with van der Waals surface area (Å²) in [5.41, 5.74) is 2.74. The summed E-state index contributed by atoms with van der Waals surface area (Å²) in [4.78, 5) is 36.3. The summed E-state index contributed by atoms with van der Waals surface area (Å²) in [6, 6.07) is 8.77. The predicted octanol–water partition coefficient (Wildman–Crippen LogP) is 3.44. The van der Waals surface area contributed by atoms with E-state index in [9.17, 15) is 14.4 Å². The first kappa shape index (κ1) is 21.9. The molecule has 0 aliphatic carbocycles. The Morgan fingerprint density at radius 3 is 2.17 bits per heavy atom. The van der Waals surface area contributed by atoms with Crippen molar-refractivity contribution in [3.63, 3.8) is 0 Å². The molecular formula is C22H25NO6. The number of carbonyl (C=O) groups excluding carboxylic acids is 3. The number of esters is 1. The van der Waals surface area contributed by atoms with Gasteiger partial charge in [-0.2, -0.15) is 0 Å². The standard InChI is InChI=1S/C22H25NO6/c1-5-14-8-7-9-15(6-2)20(14)23-18(25)13-29-22(26)19-16(12-24)10-11-17(27-3)21(19)28-4/h7-12H,5-6,13H2,1-4H3,(H,23,25). The minimum atomic E-state index is -0.850. The Bertz CT molecular complexity index is 884. The van der Waals surface area contributed by atoms with Crippen LogP contribution >= 0.6 is 0 Å². The second-order valence-corrected chi connectivity index (χ2v) is 6.17. The highest BCUT2D eigenvalue weighted by Gasteiger charge is 2.23. The number of aldehydes is 1. The number of para-hydroxylation sites is 1. The molecule has 0 atom stereocenters. The first-order chi connectivity index (χ1) is 14.0. The van der Waals surface area contributed by atoms with Crippen molar-refractivity contribution in [3.8, 4) is 11.5 Å². The zero-order chi connectivity index (χ0) is 21.4.